The van der Waals surface area contributed by atoms with Crippen molar-refractivity contribution in [2.45, 2.75) is 44.6 Å². The highest BCUT2D eigenvalue weighted by atomic mass is 16.5. The van der Waals surface area contributed by atoms with Crippen LogP contribution in [0.1, 0.15) is 60.1 Å². The predicted molar refractivity (Wildman–Crippen MR) is 87.7 cm³/mol. The molecule has 3 heterocycles. The van der Waals surface area contributed by atoms with Gasteiger partial charge < -0.3 is 14.7 Å². The van der Waals surface area contributed by atoms with Crippen LogP contribution in [0.3, 0.4) is 0 Å². The van der Waals surface area contributed by atoms with Gasteiger partial charge in [0, 0.05) is 31.3 Å². The van der Waals surface area contributed by atoms with Crippen LogP contribution in [0.2, 0.25) is 0 Å². The molecule has 1 N–H and O–H groups in total. The topological polar surface area (TPSA) is 84.2 Å². The first kappa shape index (κ1) is 15.1. The van der Waals surface area contributed by atoms with E-state index in [0.29, 0.717) is 17.4 Å². The summed E-state index contributed by atoms with van der Waals surface area (Å²) in [5.41, 5.74) is 0.323. The van der Waals surface area contributed by atoms with Crippen molar-refractivity contribution in [3.05, 3.63) is 35.6 Å². The first-order valence-electron chi connectivity index (χ1n) is 8.61. The number of hydrogen-bond donors (Lipinski definition) is 1. The maximum Gasteiger partial charge on any atom is 0.273 e. The second-order valence-electron chi connectivity index (χ2n) is 6.45. The zero-order valence-corrected chi connectivity index (χ0v) is 13.6. The Kier molecular flexibility index (Phi) is 4.15. The van der Waals surface area contributed by atoms with Crippen molar-refractivity contribution in [3.63, 3.8) is 0 Å². The zero-order chi connectivity index (χ0) is 16.4. The van der Waals surface area contributed by atoms with E-state index in [-0.39, 0.29) is 12.5 Å². The molecule has 0 bridgehead atoms. The second kappa shape index (κ2) is 6.59. The van der Waals surface area contributed by atoms with E-state index < -0.39 is 0 Å². The van der Waals surface area contributed by atoms with Gasteiger partial charge in [0.2, 0.25) is 0 Å². The number of piperidine rings is 1. The van der Waals surface area contributed by atoms with Crippen molar-refractivity contribution >= 4 is 11.7 Å². The van der Waals surface area contributed by atoms with Crippen molar-refractivity contribution < 1.29 is 9.32 Å². The Balaban J connectivity index is 1.36. The molecule has 7 heteroatoms. The van der Waals surface area contributed by atoms with E-state index in [1.54, 1.807) is 12.3 Å². The molecule has 0 radical (unpaired) electrons. The molecule has 1 saturated heterocycles. The van der Waals surface area contributed by atoms with Gasteiger partial charge in [-0.3, -0.25) is 4.79 Å². The monoisotopic (exact) mass is 327 g/mol. The van der Waals surface area contributed by atoms with Gasteiger partial charge in [0.05, 0.1) is 6.54 Å². The molecule has 126 valence electrons. The third-order valence-electron chi connectivity index (χ3n) is 4.52. The first-order valence-corrected chi connectivity index (χ1v) is 8.61. The van der Waals surface area contributed by atoms with Gasteiger partial charge in [-0.05, 0) is 38.2 Å². The van der Waals surface area contributed by atoms with E-state index >= 15 is 0 Å². The minimum absolute atomic E-state index is 0.252. The summed E-state index contributed by atoms with van der Waals surface area (Å²) in [6.45, 7) is 2.35. The number of rotatable bonds is 5. The van der Waals surface area contributed by atoms with E-state index in [0.717, 1.165) is 37.5 Å². The van der Waals surface area contributed by atoms with Crippen LogP contribution in [0.5, 0.6) is 0 Å². The fraction of sp³-hybridized carbons (Fsp3) is 0.529. The average Bonchev–Trinajstić information content (AvgIpc) is 3.37. The second-order valence-corrected chi connectivity index (χ2v) is 6.45. The molecule has 7 nitrogen and oxygen atoms in total. The number of amides is 1. The van der Waals surface area contributed by atoms with Gasteiger partial charge in [0.25, 0.3) is 5.91 Å². The molecule has 2 fully saturated rings. The number of carbonyl (C=O) groups is 1. The average molecular weight is 327 g/mol. The van der Waals surface area contributed by atoms with Crippen LogP contribution >= 0.6 is 0 Å². The lowest BCUT2D eigenvalue weighted by molar-refractivity contribution is 0.0940. The highest BCUT2D eigenvalue weighted by molar-refractivity contribution is 5.92. The third kappa shape index (κ3) is 3.39. The van der Waals surface area contributed by atoms with Gasteiger partial charge in [0.1, 0.15) is 17.4 Å². The highest BCUT2D eigenvalue weighted by Crippen LogP contribution is 2.40. The smallest absolute Gasteiger partial charge is 0.273 e. The number of nitrogens with zero attached hydrogens (tertiary/aromatic N) is 4. The lowest BCUT2D eigenvalue weighted by atomic mass is 10.1. The number of hydrogen-bond acceptors (Lipinski definition) is 6. The van der Waals surface area contributed by atoms with Gasteiger partial charge in [-0.1, -0.05) is 5.16 Å². The molecule has 2 aliphatic rings. The molecule has 0 spiro atoms. The van der Waals surface area contributed by atoms with Gasteiger partial charge >= 0.3 is 0 Å². The van der Waals surface area contributed by atoms with Crippen molar-refractivity contribution in [1.82, 2.24) is 20.4 Å². The minimum atomic E-state index is -0.252. The van der Waals surface area contributed by atoms with Crippen LogP contribution in [0.15, 0.2) is 22.9 Å². The van der Waals surface area contributed by atoms with Crippen molar-refractivity contribution in [2.24, 2.45) is 0 Å². The molecule has 1 aliphatic heterocycles. The molecule has 0 atom stereocenters. The van der Waals surface area contributed by atoms with Gasteiger partial charge in [-0.25, -0.2) is 9.97 Å². The largest absolute Gasteiger partial charge is 0.360 e. The Labute approximate surface area is 140 Å². The Bertz CT molecular complexity index is 719. The van der Waals surface area contributed by atoms with Crippen molar-refractivity contribution in [2.75, 3.05) is 18.0 Å². The fourth-order valence-corrected chi connectivity index (χ4v) is 2.98. The molecule has 4 rings (SSSR count). The molecule has 1 saturated carbocycles. The number of aromatic nitrogens is 3. The lowest BCUT2D eigenvalue weighted by Crippen LogP contribution is -2.31. The number of anilines is 1. The van der Waals surface area contributed by atoms with Crippen LogP contribution in [-0.4, -0.2) is 34.1 Å². The van der Waals surface area contributed by atoms with E-state index in [2.05, 4.69) is 25.3 Å². The van der Waals surface area contributed by atoms with E-state index in [9.17, 15) is 4.79 Å². The predicted octanol–water partition coefficient (Wildman–Crippen LogP) is 2.26. The standard InChI is InChI=1S/C17H21N5O2/c23-17(13-10-14(24-21-13)12-4-5-12)19-11-15-18-7-6-16(20-15)22-8-2-1-3-9-22/h6-7,10,12H,1-5,8-9,11H2,(H,19,23). The highest BCUT2D eigenvalue weighted by Gasteiger charge is 2.28. The Hall–Kier alpha value is -2.44. The lowest BCUT2D eigenvalue weighted by Gasteiger charge is -2.27. The van der Waals surface area contributed by atoms with E-state index in [1.807, 2.05) is 6.07 Å². The third-order valence-corrected chi connectivity index (χ3v) is 4.52. The van der Waals surface area contributed by atoms with Crippen LogP contribution in [0, 0.1) is 0 Å². The molecular weight excluding hydrogens is 306 g/mol. The maximum atomic E-state index is 12.2. The summed E-state index contributed by atoms with van der Waals surface area (Å²) < 4.78 is 5.21. The zero-order valence-electron chi connectivity index (χ0n) is 13.6. The van der Waals surface area contributed by atoms with Gasteiger partial charge in [-0.2, -0.15) is 0 Å². The summed E-state index contributed by atoms with van der Waals surface area (Å²) in [4.78, 5) is 23.2. The molecule has 24 heavy (non-hydrogen) atoms. The van der Waals surface area contributed by atoms with Crippen molar-refractivity contribution in [1.29, 1.82) is 0 Å². The summed E-state index contributed by atoms with van der Waals surface area (Å²) >= 11 is 0. The summed E-state index contributed by atoms with van der Waals surface area (Å²) in [6, 6.07) is 3.66. The molecular formula is C17H21N5O2. The summed E-state index contributed by atoms with van der Waals surface area (Å²) in [6.07, 6.45) is 7.67. The van der Waals surface area contributed by atoms with Gasteiger partial charge in [0.15, 0.2) is 5.69 Å². The van der Waals surface area contributed by atoms with Crippen molar-refractivity contribution in [3.8, 4) is 0 Å². The molecule has 0 aromatic carbocycles. The summed E-state index contributed by atoms with van der Waals surface area (Å²) in [5.74, 6) is 2.55. The van der Waals surface area contributed by atoms with E-state index in [4.69, 9.17) is 4.52 Å². The Morgan fingerprint density at radius 2 is 2.12 bits per heavy atom. The maximum absolute atomic E-state index is 12.2. The van der Waals surface area contributed by atoms with Crippen LogP contribution in [0.4, 0.5) is 5.82 Å². The van der Waals surface area contributed by atoms with Gasteiger partial charge in [-0.15, -0.1) is 0 Å². The quantitative estimate of drug-likeness (QED) is 0.907. The van der Waals surface area contributed by atoms with Crippen LogP contribution in [-0.2, 0) is 6.54 Å². The number of nitrogens with one attached hydrogen (secondary N) is 1. The molecule has 0 unspecified atom stereocenters. The minimum Gasteiger partial charge on any atom is -0.360 e. The summed E-state index contributed by atoms with van der Waals surface area (Å²) in [7, 11) is 0. The SMILES string of the molecule is O=C(NCc1nccc(N2CCCCC2)n1)c1cc(C2CC2)on1. The normalized spacial score (nSPS) is 17.8. The molecule has 1 amide bonds. The van der Waals surface area contributed by atoms with Crippen LogP contribution < -0.4 is 10.2 Å². The Morgan fingerprint density at radius 1 is 1.29 bits per heavy atom. The summed E-state index contributed by atoms with van der Waals surface area (Å²) in [5, 5.41) is 6.66. The molecule has 2 aromatic heterocycles. The van der Waals surface area contributed by atoms with E-state index in [1.165, 1.54) is 19.3 Å². The van der Waals surface area contributed by atoms with Crippen LogP contribution in [0.25, 0.3) is 0 Å². The Morgan fingerprint density at radius 3 is 2.92 bits per heavy atom. The molecule has 1 aliphatic carbocycles. The number of carbonyl (C=O) groups excluding carboxylic acids is 1. The first-order chi connectivity index (χ1) is 11.8. The fourth-order valence-electron chi connectivity index (χ4n) is 2.98. The molecule has 2 aromatic rings.